The average Bonchev–Trinajstić information content (AvgIpc) is 2.21. The zero-order valence-electron chi connectivity index (χ0n) is 10.5. The molecule has 0 aliphatic heterocycles. The van der Waals surface area contributed by atoms with Gasteiger partial charge in [-0.2, -0.15) is 4.67 Å². The molecule has 0 bridgehead atoms. The van der Waals surface area contributed by atoms with E-state index in [1.807, 2.05) is 13.8 Å². The van der Waals surface area contributed by atoms with Crippen LogP contribution in [0.15, 0.2) is 0 Å². The second-order valence-corrected chi connectivity index (χ2v) is 6.45. The molecule has 0 saturated carbocycles. The highest BCUT2D eigenvalue weighted by atomic mass is 31.2. The summed E-state index contributed by atoms with van der Waals surface area (Å²) in [5.74, 6) is -0.0469. The lowest BCUT2D eigenvalue weighted by atomic mass is 10.1. The van der Waals surface area contributed by atoms with Gasteiger partial charge in [-0.15, -0.1) is 0 Å². The molecule has 0 amide bonds. The molecule has 17 heavy (non-hydrogen) atoms. The minimum Gasteiger partial charge on any atom is -0.465 e. The van der Waals surface area contributed by atoms with Crippen molar-refractivity contribution in [2.24, 2.45) is 5.92 Å². The molecule has 6 nitrogen and oxygen atoms in total. The number of hydrogen-bond donors (Lipinski definition) is 2. The molecule has 7 heteroatoms. The van der Waals surface area contributed by atoms with Crippen LogP contribution in [0.25, 0.3) is 0 Å². The number of esters is 1. The Kier molecular flexibility index (Phi) is 7.63. The van der Waals surface area contributed by atoms with E-state index in [0.717, 1.165) is 6.42 Å². The van der Waals surface area contributed by atoms with Crippen LogP contribution in [0.4, 0.5) is 0 Å². The van der Waals surface area contributed by atoms with Gasteiger partial charge in [0.25, 0.3) is 0 Å². The quantitative estimate of drug-likeness (QED) is 0.304. The zero-order chi connectivity index (χ0) is 13.5. The fraction of sp³-hybridized carbons (Fsp3) is 0.900. The van der Waals surface area contributed by atoms with Gasteiger partial charge in [-0.3, -0.25) is 9.36 Å². The summed E-state index contributed by atoms with van der Waals surface area (Å²) in [5.41, 5.74) is -0.879. The minimum atomic E-state index is -4.12. The van der Waals surface area contributed by atoms with E-state index in [0.29, 0.717) is 18.8 Å². The summed E-state index contributed by atoms with van der Waals surface area (Å²) in [6.07, 6.45) is 1.96. The van der Waals surface area contributed by atoms with Crippen molar-refractivity contribution in [3.8, 4) is 0 Å². The van der Waals surface area contributed by atoms with Gasteiger partial charge in [0, 0.05) is 6.92 Å². The number of ether oxygens (including phenoxy) is 1. The molecule has 0 aliphatic rings. The minimum absolute atomic E-state index is 0.220. The highest BCUT2D eigenvalue weighted by Gasteiger charge is 2.33. The summed E-state index contributed by atoms with van der Waals surface area (Å²) in [6, 6.07) is 0. The molecule has 0 radical (unpaired) electrons. The molecule has 0 saturated heterocycles. The van der Waals surface area contributed by atoms with Gasteiger partial charge in [0.05, 0.1) is 5.66 Å². The highest BCUT2D eigenvalue weighted by Crippen LogP contribution is 2.48. The predicted molar refractivity (Wildman–Crippen MR) is 62.6 cm³/mol. The topological polar surface area (TPSA) is 93.1 Å². The van der Waals surface area contributed by atoms with Crippen molar-refractivity contribution in [1.29, 1.82) is 0 Å². The van der Waals surface area contributed by atoms with Crippen molar-refractivity contribution < 1.29 is 28.9 Å². The van der Waals surface area contributed by atoms with Crippen molar-refractivity contribution >= 4 is 13.6 Å². The molecule has 0 aromatic heterocycles. The standard InChI is InChI=1S/C10H21O6P/c1-8(2)5-4-6-10(7-15-9(3)11)17(13,14)16-12/h8,10,12H,4-7H2,1-3H3,(H,13,14). The third kappa shape index (κ3) is 7.49. The van der Waals surface area contributed by atoms with Crippen molar-refractivity contribution in [3.63, 3.8) is 0 Å². The van der Waals surface area contributed by atoms with E-state index < -0.39 is 19.2 Å². The van der Waals surface area contributed by atoms with Gasteiger partial charge in [-0.1, -0.05) is 26.7 Å². The maximum Gasteiger partial charge on any atom is 0.361 e. The summed E-state index contributed by atoms with van der Waals surface area (Å²) in [6.45, 7) is 5.08. The lowest BCUT2D eigenvalue weighted by Gasteiger charge is -2.19. The molecule has 2 atom stereocenters. The smallest absolute Gasteiger partial charge is 0.361 e. The Morgan fingerprint density at radius 2 is 1.94 bits per heavy atom. The van der Waals surface area contributed by atoms with E-state index in [4.69, 9.17) is 5.26 Å². The molecule has 102 valence electrons. The van der Waals surface area contributed by atoms with E-state index in [1.54, 1.807) is 0 Å². The van der Waals surface area contributed by atoms with Gasteiger partial charge in [-0.05, 0) is 12.3 Å². The fourth-order valence-electron chi connectivity index (χ4n) is 1.38. The first kappa shape index (κ1) is 16.6. The van der Waals surface area contributed by atoms with Crippen LogP contribution in [0.5, 0.6) is 0 Å². The average molecular weight is 268 g/mol. The first-order valence-corrected chi connectivity index (χ1v) is 7.23. The number of carbonyl (C=O) groups is 1. The van der Waals surface area contributed by atoms with Crippen LogP contribution in [0.1, 0.15) is 40.0 Å². The highest BCUT2D eigenvalue weighted by molar-refractivity contribution is 7.53. The molecule has 2 N–H and O–H groups in total. The second kappa shape index (κ2) is 7.82. The van der Waals surface area contributed by atoms with E-state index >= 15 is 0 Å². The second-order valence-electron chi connectivity index (χ2n) is 4.43. The Morgan fingerprint density at radius 1 is 1.35 bits per heavy atom. The Hall–Kier alpha value is -0.420. The summed E-state index contributed by atoms with van der Waals surface area (Å²) in [5, 5.41) is 8.38. The van der Waals surface area contributed by atoms with Crippen LogP contribution in [-0.4, -0.2) is 28.4 Å². The van der Waals surface area contributed by atoms with Crippen LogP contribution >= 0.6 is 7.60 Å². The van der Waals surface area contributed by atoms with E-state index in [2.05, 4.69) is 9.41 Å². The molecule has 0 spiro atoms. The van der Waals surface area contributed by atoms with Crippen LogP contribution < -0.4 is 0 Å². The lowest BCUT2D eigenvalue weighted by molar-refractivity contribution is -0.150. The molecule has 0 aromatic carbocycles. The number of rotatable bonds is 8. The Bertz CT molecular complexity index is 278. The Morgan fingerprint density at radius 3 is 2.35 bits per heavy atom. The number of carbonyl (C=O) groups excluding carboxylic acids is 1. The zero-order valence-corrected chi connectivity index (χ0v) is 11.4. The molecule has 0 fully saturated rings. The maximum absolute atomic E-state index is 11.5. The fourth-order valence-corrected chi connectivity index (χ4v) is 2.29. The van der Waals surface area contributed by atoms with Gasteiger partial charge in [0.1, 0.15) is 6.61 Å². The lowest BCUT2D eigenvalue weighted by Crippen LogP contribution is -2.19. The monoisotopic (exact) mass is 268 g/mol. The van der Waals surface area contributed by atoms with Crippen LogP contribution in [0.3, 0.4) is 0 Å². The van der Waals surface area contributed by atoms with Gasteiger partial charge >= 0.3 is 13.6 Å². The van der Waals surface area contributed by atoms with Gasteiger partial charge in [0.15, 0.2) is 0 Å². The molecular formula is C10H21O6P. The van der Waals surface area contributed by atoms with Crippen LogP contribution in [-0.2, 0) is 18.8 Å². The summed E-state index contributed by atoms with van der Waals surface area (Å²) < 4.78 is 19.8. The van der Waals surface area contributed by atoms with Gasteiger partial charge in [-0.25, -0.2) is 5.26 Å². The molecule has 0 aromatic rings. The van der Waals surface area contributed by atoms with Gasteiger partial charge in [0.2, 0.25) is 0 Å². The van der Waals surface area contributed by atoms with Gasteiger partial charge < -0.3 is 9.63 Å². The Labute approximate surface area is 101 Å². The summed E-state index contributed by atoms with van der Waals surface area (Å²) in [7, 11) is -4.12. The molecular weight excluding hydrogens is 247 g/mol. The normalized spacial score (nSPS) is 16.6. The Balaban J connectivity index is 4.30. The summed E-state index contributed by atoms with van der Waals surface area (Å²) >= 11 is 0. The SMILES string of the molecule is CC(=O)OCC(CCCC(C)C)P(=O)(O)OO. The molecule has 2 unspecified atom stereocenters. The first-order valence-electron chi connectivity index (χ1n) is 5.58. The first-order chi connectivity index (χ1) is 7.79. The third-order valence-electron chi connectivity index (χ3n) is 2.38. The third-order valence-corrected chi connectivity index (χ3v) is 3.94. The maximum atomic E-state index is 11.5. The van der Waals surface area contributed by atoms with E-state index in [-0.39, 0.29) is 6.61 Å². The molecule has 0 heterocycles. The molecule has 0 rings (SSSR count). The van der Waals surface area contributed by atoms with Crippen molar-refractivity contribution in [2.45, 2.75) is 45.7 Å². The van der Waals surface area contributed by atoms with Crippen molar-refractivity contribution in [3.05, 3.63) is 0 Å². The predicted octanol–water partition coefficient (Wildman–Crippen LogP) is 2.42. The van der Waals surface area contributed by atoms with Crippen LogP contribution in [0.2, 0.25) is 0 Å². The number of hydrogen-bond acceptors (Lipinski definition) is 5. The molecule has 0 aliphatic carbocycles. The largest absolute Gasteiger partial charge is 0.465 e. The van der Waals surface area contributed by atoms with E-state index in [1.165, 1.54) is 6.92 Å². The van der Waals surface area contributed by atoms with Crippen molar-refractivity contribution in [2.75, 3.05) is 6.61 Å². The van der Waals surface area contributed by atoms with E-state index in [9.17, 15) is 14.3 Å². The van der Waals surface area contributed by atoms with Crippen LogP contribution in [0, 0.1) is 5.92 Å². The van der Waals surface area contributed by atoms with Crippen molar-refractivity contribution in [1.82, 2.24) is 0 Å². The summed E-state index contributed by atoms with van der Waals surface area (Å²) in [4.78, 5) is 20.0.